The molecule has 1 aromatic carbocycles. The van der Waals surface area contributed by atoms with Crippen LogP contribution in [0.1, 0.15) is 41.4 Å². The van der Waals surface area contributed by atoms with Gasteiger partial charge in [0.05, 0.1) is 17.5 Å². The Kier molecular flexibility index (Phi) is 6.57. The summed E-state index contributed by atoms with van der Waals surface area (Å²) < 4.78 is 48.4. The van der Waals surface area contributed by atoms with Gasteiger partial charge in [-0.1, -0.05) is 11.6 Å². The molecule has 4 rings (SSSR count). The number of nitrogens with one attached hydrogen (secondary N) is 1. The zero-order valence-electron chi connectivity index (χ0n) is 17.5. The van der Waals surface area contributed by atoms with Crippen LogP contribution < -0.4 is 10.1 Å². The SMILES string of the molecule is Cc1cnn(C2CCCCO2)c1-c1cc(C(=O)Nc2ccc(OC(F)(F)F)cc2)cnc1Cl. The highest BCUT2D eigenvalue weighted by Crippen LogP contribution is 2.34. The van der Waals surface area contributed by atoms with Crippen LogP contribution >= 0.6 is 11.6 Å². The van der Waals surface area contributed by atoms with Gasteiger partial charge in [-0.3, -0.25) is 4.79 Å². The number of hydrogen-bond acceptors (Lipinski definition) is 5. The minimum absolute atomic E-state index is 0.209. The van der Waals surface area contributed by atoms with Crippen LogP contribution in [0.25, 0.3) is 11.3 Å². The molecule has 1 aliphatic rings. The third kappa shape index (κ3) is 5.45. The molecule has 1 atom stereocenters. The van der Waals surface area contributed by atoms with E-state index in [0.717, 1.165) is 37.0 Å². The second kappa shape index (κ2) is 9.40. The number of halogens is 4. The second-order valence-electron chi connectivity index (χ2n) is 7.53. The third-order valence-electron chi connectivity index (χ3n) is 5.11. The number of aryl methyl sites for hydroxylation is 1. The van der Waals surface area contributed by atoms with E-state index in [-0.39, 0.29) is 22.7 Å². The first-order valence-corrected chi connectivity index (χ1v) is 10.6. The molecule has 1 amide bonds. The normalized spacial score (nSPS) is 16.5. The summed E-state index contributed by atoms with van der Waals surface area (Å²) in [6.07, 6.45) is 0.846. The van der Waals surface area contributed by atoms with Gasteiger partial charge in [-0.2, -0.15) is 5.10 Å². The lowest BCUT2D eigenvalue weighted by molar-refractivity contribution is -0.274. The molecule has 0 bridgehead atoms. The predicted octanol–water partition coefficient (Wildman–Crippen LogP) is 5.76. The number of nitrogens with zero attached hydrogens (tertiary/aromatic N) is 3. The van der Waals surface area contributed by atoms with E-state index in [0.29, 0.717) is 23.6 Å². The molecular formula is C22H20ClF3N4O3. The van der Waals surface area contributed by atoms with E-state index in [9.17, 15) is 18.0 Å². The molecule has 1 aliphatic heterocycles. The van der Waals surface area contributed by atoms with E-state index >= 15 is 0 Å². The molecule has 33 heavy (non-hydrogen) atoms. The number of hydrogen-bond donors (Lipinski definition) is 1. The molecule has 1 fully saturated rings. The number of ether oxygens (including phenoxy) is 2. The molecule has 1 N–H and O–H groups in total. The molecule has 7 nitrogen and oxygen atoms in total. The average Bonchev–Trinajstić information content (AvgIpc) is 3.16. The van der Waals surface area contributed by atoms with E-state index < -0.39 is 12.3 Å². The number of amides is 1. The summed E-state index contributed by atoms with van der Waals surface area (Å²) >= 11 is 6.38. The van der Waals surface area contributed by atoms with Gasteiger partial charge in [-0.15, -0.1) is 13.2 Å². The van der Waals surface area contributed by atoms with Crippen molar-refractivity contribution in [2.24, 2.45) is 0 Å². The van der Waals surface area contributed by atoms with Crippen LogP contribution in [-0.4, -0.2) is 33.6 Å². The highest BCUT2D eigenvalue weighted by atomic mass is 35.5. The van der Waals surface area contributed by atoms with Gasteiger partial charge in [0, 0.05) is 24.1 Å². The van der Waals surface area contributed by atoms with E-state index in [4.69, 9.17) is 16.3 Å². The van der Waals surface area contributed by atoms with Crippen LogP contribution in [0.5, 0.6) is 5.75 Å². The summed E-state index contributed by atoms with van der Waals surface area (Å²) in [5.74, 6) is -0.882. The topological polar surface area (TPSA) is 78.3 Å². The number of aromatic nitrogens is 3. The Bertz CT molecular complexity index is 1140. The Morgan fingerprint density at radius 3 is 2.67 bits per heavy atom. The number of alkyl halides is 3. The van der Waals surface area contributed by atoms with Gasteiger partial charge in [-0.05, 0) is 62.1 Å². The summed E-state index contributed by atoms with van der Waals surface area (Å²) in [6.45, 7) is 2.53. The predicted molar refractivity (Wildman–Crippen MR) is 115 cm³/mol. The lowest BCUT2D eigenvalue weighted by Crippen LogP contribution is -2.20. The molecule has 0 aliphatic carbocycles. The Balaban J connectivity index is 1.57. The zero-order valence-corrected chi connectivity index (χ0v) is 18.3. The monoisotopic (exact) mass is 480 g/mol. The summed E-state index contributed by atoms with van der Waals surface area (Å²) in [7, 11) is 0. The van der Waals surface area contributed by atoms with Crippen molar-refractivity contribution in [3.05, 3.63) is 59.0 Å². The van der Waals surface area contributed by atoms with Crippen molar-refractivity contribution in [2.75, 3.05) is 11.9 Å². The summed E-state index contributed by atoms with van der Waals surface area (Å²) in [5, 5.41) is 7.28. The molecule has 0 radical (unpaired) electrons. The Labute approximate surface area is 192 Å². The largest absolute Gasteiger partial charge is 0.573 e. The van der Waals surface area contributed by atoms with Crippen molar-refractivity contribution in [1.82, 2.24) is 14.8 Å². The Morgan fingerprint density at radius 2 is 2.00 bits per heavy atom. The van der Waals surface area contributed by atoms with E-state index in [1.807, 2.05) is 6.92 Å². The Morgan fingerprint density at radius 1 is 1.24 bits per heavy atom. The van der Waals surface area contributed by atoms with Crippen LogP contribution in [0, 0.1) is 6.92 Å². The number of anilines is 1. The van der Waals surface area contributed by atoms with E-state index in [1.54, 1.807) is 16.9 Å². The van der Waals surface area contributed by atoms with Crippen LogP contribution in [-0.2, 0) is 4.74 Å². The van der Waals surface area contributed by atoms with E-state index in [1.165, 1.54) is 18.3 Å². The van der Waals surface area contributed by atoms with Gasteiger partial charge in [0.15, 0.2) is 6.23 Å². The van der Waals surface area contributed by atoms with Crippen molar-refractivity contribution in [3.63, 3.8) is 0 Å². The standard InChI is InChI=1S/C22H20ClF3N4O3/c1-13-11-28-30(18-4-2-3-9-32-18)19(13)17-10-14(12-27-20(17)23)21(31)29-15-5-7-16(8-6-15)33-22(24,25)26/h5-8,10-12,18H,2-4,9H2,1H3,(H,29,31). The summed E-state index contributed by atoms with van der Waals surface area (Å²) in [5.41, 5.74) is 2.61. The minimum atomic E-state index is -4.79. The zero-order chi connectivity index (χ0) is 23.6. The fourth-order valence-electron chi connectivity index (χ4n) is 3.60. The molecule has 1 unspecified atom stereocenters. The van der Waals surface area contributed by atoms with Crippen molar-refractivity contribution in [1.29, 1.82) is 0 Å². The number of rotatable bonds is 5. The molecule has 11 heteroatoms. The van der Waals surface area contributed by atoms with Crippen LogP contribution in [0.3, 0.4) is 0 Å². The first-order valence-electron chi connectivity index (χ1n) is 10.2. The van der Waals surface area contributed by atoms with Gasteiger partial charge < -0.3 is 14.8 Å². The van der Waals surface area contributed by atoms with Crippen molar-refractivity contribution < 1.29 is 27.4 Å². The van der Waals surface area contributed by atoms with Crippen molar-refractivity contribution in [2.45, 2.75) is 38.8 Å². The van der Waals surface area contributed by atoms with Gasteiger partial charge >= 0.3 is 6.36 Å². The maximum absolute atomic E-state index is 12.8. The van der Waals surface area contributed by atoms with Crippen molar-refractivity contribution >= 4 is 23.2 Å². The first-order chi connectivity index (χ1) is 15.7. The molecule has 0 spiro atoms. The van der Waals surface area contributed by atoms with Crippen molar-refractivity contribution in [3.8, 4) is 17.0 Å². The summed E-state index contributed by atoms with van der Waals surface area (Å²) in [4.78, 5) is 16.9. The second-order valence-corrected chi connectivity index (χ2v) is 7.89. The molecule has 3 aromatic rings. The lowest BCUT2D eigenvalue weighted by atomic mass is 10.1. The van der Waals surface area contributed by atoms with Crippen LogP contribution in [0.4, 0.5) is 18.9 Å². The third-order valence-corrected chi connectivity index (χ3v) is 5.41. The molecule has 174 valence electrons. The quantitative estimate of drug-likeness (QED) is 0.470. The fraction of sp³-hybridized carbons (Fsp3) is 0.318. The van der Waals surface area contributed by atoms with Crippen LogP contribution in [0.15, 0.2) is 42.7 Å². The maximum Gasteiger partial charge on any atom is 0.573 e. The molecule has 0 saturated carbocycles. The molecular weight excluding hydrogens is 461 g/mol. The molecule has 3 heterocycles. The number of pyridine rings is 1. The minimum Gasteiger partial charge on any atom is -0.406 e. The molecule has 1 saturated heterocycles. The van der Waals surface area contributed by atoms with Gasteiger partial charge in [0.2, 0.25) is 0 Å². The fourth-order valence-corrected chi connectivity index (χ4v) is 3.79. The highest BCUT2D eigenvalue weighted by molar-refractivity contribution is 6.32. The number of carbonyl (C=O) groups is 1. The van der Waals surface area contributed by atoms with Gasteiger partial charge in [0.25, 0.3) is 5.91 Å². The maximum atomic E-state index is 12.8. The highest BCUT2D eigenvalue weighted by Gasteiger charge is 2.31. The van der Waals surface area contributed by atoms with Gasteiger partial charge in [0.1, 0.15) is 10.9 Å². The van der Waals surface area contributed by atoms with Gasteiger partial charge in [-0.25, -0.2) is 9.67 Å². The summed E-state index contributed by atoms with van der Waals surface area (Å²) in [6, 6.07) is 6.45. The van der Waals surface area contributed by atoms with Crippen LogP contribution in [0.2, 0.25) is 5.15 Å². The average molecular weight is 481 g/mol. The lowest BCUT2D eigenvalue weighted by Gasteiger charge is -2.25. The smallest absolute Gasteiger partial charge is 0.406 e. The molecule has 2 aromatic heterocycles. The van der Waals surface area contributed by atoms with E-state index in [2.05, 4.69) is 20.1 Å². The number of carbonyl (C=O) groups excluding carboxylic acids is 1. The Hall–Kier alpha value is -3.11. The number of benzene rings is 1. The first kappa shape index (κ1) is 23.1.